The third-order valence-corrected chi connectivity index (χ3v) is 7.05. The van der Waals surface area contributed by atoms with Crippen LogP contribution in [0, 0.1) is 5.92 Å². The smallest absolute Gasteiger partial charge is 0.407 e. The molecule has 34 heavy (non-hydrogen) atoms. The van der Waals surface area contributed by atoms with Gasteiger partial charge in [-0.25, -0.2) is 4.79 Å². The molecule has 7 nitrogen and oxygen atoms in total. The van der Waals surface area contributed by atoms with Crippen LogP contribution in [0.15, 0.2) is 48.5 Å². The van der Waals surface area contributed by atoms with Crippen molar-refractivity contribution in [3.05, 3.63) is 59.7 Å². The molecule has 4 rings (SSSR count). The number of amides is 2. The molecule has 1 unspecified atom stereocenters. The normalized spacial score (nSPS) is 17.2. The molecular weight excluding hydrogens is 432 g/mol. The molecule has 1 fully saturated rings. The van der Waals surface area contributed by atoms with E-state index < -0.39 is 23.5 Å². The zero-order chi connectivity index (χ0) is 24.1. The molecule has 0 bridgehead atoms. The number of nitrogens with one attached hydrogen (secondary N) is 2. The van der Waals surface area contributed by atoms with Crippen molar-refractivity contribution in [2.75, 3.05) is 13.2 Å². The summed E-state index contributed by atoms with van der Waals surface area (Å²) < 4.78 is 5.72. The van der Waals surface area contributed by atoms with Gasteiger partial charge in [-0.2, -0.15) is 0 Å². The molecule has 0 aliphatic heterocycles. The van der Waals surface area contributed by atoms with Crippen LogP contribution in [0.3, 0.4) is 0 Å². The molecule has 0 heterocycles. The van der Waals surface area contributed by atoms with Crippen LogP contribution in [0.25, 0.3) is 11.1 Å². The first-order valence-electron chi connectivity index (χ1n) is 12.0. The number of hydrogen-bond donors (Lipinski definition) is 3. The SMILES string of the molecule is CC(CNC(=O)CC1(NC(=O)OCC2c3ccccc3-c3ccccc32)CCCCC1)C(=O)O. The first-order chi connectivity index (χ1) is 16.4. The predicted molar refractivity (Wildman–Crippen MR) is 128 cm³/mol. The number of aliphatic carboxylic acids is 1. The maximum absolute atomic E-state index is 12.9. The molecule has 3 N–H and O–H groups in total. The van der Waals surface area contributed by atoms with Gasteiger partial charge >= 0.3 is 12.1 Å². The van der Waals surface area contributed by atoms with Gasteiger partial charge in [0.25, 0.3) is 0 Å². The van der Waals surface area contributed by atoms with E-state index in [9.17, 15) is 14.4 Å². The second kappa shape index (κ2) is 10.3. The third-order valence-electron chi connectivity index (χ3n) is 7.05. The van der Waals surface area contributed by atoms with E-state index in [2.05, 4.69) is 34.9 Å². The van der Waals surface area contributed by atoms with E-state index in [0.717, 1.165) is 30.4 Å². The van der Waals surface area contributed by atoms with E-state index in [0.29, 0.717) is 12.8 Å². The van der Waals surface area contributed by atoms with Crippen LogP contribution in [0.2, 0.25) is 0 Å². The van der Waals surface area contributed by atoms with Crippen molar-refractivity contribution in [1.29, 1.82) is 0 Å². The number of hydrogen-bond acceptors (Lipinski definition) is 4. The average Bonchev–Trinajstić information content (AvgIpc) is 3.15. The van der Waals surface area contributed by atoms with Crippen molar-refractivity contribution in [2.45, 2.75) is 56.9 Å². The largest absolute Gasteiger partial charge is 0.481 e. The van der Waals surface area contributed by atoms with Crippen molar-refractivity contribution in [2.24, 2.45) is 5.92 Å². The molecule has 0 radical (unpaired) electrons. The Morgan fingerprint density at radius 1 is 1.00 bits per heavy atom. The van der Waals surface area contributed by atoms with Gasteiger partial charge in [0.2, 0.25) is 5.91 Å². The predicted octanol–water partition coefficient (Wildman–Crippen LogP) is 4.46. The van der Waals surface area contributed by atoms with E-state index >= 15 is 0 Å². The zero-order valence-electron chi connectivity index (χ0n) is 19.5. The number of ether oxygens (including phenoxy) is 1. The van der Waals surface area contributed by atoms with Gasteiger partial charge in [0.1, 0.15) is 6.61 Å². The fourth-order valence-electron chi connectivity index (χ4n) is 5.15. The second-order valence-electron chi connectivity index (χ2n) is 9.51. The maximum atomic E-state index is 12.9. The van der Waals surface area contributed by atoms with Crippen LogP contribution in [0.4, 0.5) is 4.79 Å². The highest BCUT2D eigenvalue weighted by Crippen LogP contribution is 2.44. The van der Waals surface area contributed by atoms with Crippen molar-refractivity contribution in [1.82, 2.24) is 10.6 Å². The molecule has 180 valence electrons. The van der Waals surface area contributed by atoms with Gasteiger partial charge in [-0.1, -0.05) is 74.7 Å². The van der Waals surface area contributed by atoms with Gasteiger partial charge in [-0.3, -0.25) is 9.59 Å². The van der Waals surface area contributed by atoms with Gasteiger partial charge in [-0.05, 0) is 35.1 Å². The molecule has 2 amide bonds. The lowest BCUT2D eigenvalue weighted by molar-refractivity contribution is -0.141. The van der Waals surface area contributed by atoms with Crippen LogP contribution in [0.1, 0.15) is 62.5 Å². The molecule has 2 aromatic rings. The third kappa shape index (κ3) is 5.24. The number of rotatable bonds is 8. The average molecular weight is 465 g/mol. The minimum absolute atomic E-state index is 0.0266. The summed E-state index contributed by atoms with van der Waals surface area (Å²) in [4.78, 5) is 36.5. The summed E-state index contributed by atoms with van der Waals surface area (Å²) in [5.74, 6) is -1.90. The Morgan fingerprint density at radius 2 is 1.59 bits per heavy atom. The molecule has 0 saturated heterocycles. The number of carbonyl (C=O) groups is 3. The first-order valence-corrected chi connectivity index (χ1v) is 12.0. The van der Waals surface area contributed by atoms with Gasteiger partial charge in [0.05, 0.1) is 11.5 Å². The van der Waals surface area contributed by atoms with Crippen LogP contribution < -0.4 is 10.6 Å². The van der Waals surface area contributed by atoms with Crippen molar-refractivity contribution in [3.8, 4) is 11.1 Å². The molecule has 7 heteroatoms. The Morgan fingerprint density at radius 3 is 2.18 bits per heavy atom. The number of carbonyl (C=O) groups excluding carboxylic acids is 2. The lowest BCUT2D eigenvalue weighted by Crippen LogP contribution is -2.53. The van der Waals surface area contributed by atoms with E-state index in [1.54, 1.807) is 6.92 Å². The number of fused-ring (bicyclic) bond motifs is 3. The highest BCUT2D eigenvalue weighted by atomic mass is 16.5. The standard InChI is InChI=1S/C27H32N2O5/c1-18(25(31)32)16-28-24(30)15-27(13-7-2-8-14-27)29-26(33)34-17-23-21-11-5-3-9-19(21)20-10-4-6-12-22(20)23/h3-6,9-12,18,23H,2,7-8,13-17H2,1H3,(H,28,30)(H,29,33)(H,31,32). The summed E-state index contributed by atoms with van der Waals surface area (Å²) in [7, 11) is 0. The lowest BCUT2D eigenvalue weighted by Gasteiger charge is -2.37. The van der Waals surface area contributed by atoms with Gasteiger partial charge in [0.15, 0.2) is 0 Å². The minimum Gasteiger partial charge on any atom is -0.481 e. The van der Waals surface area contributed by atoms with Crippen LogP contribution in [-0.4, -0.2) is 41.8 Å². The van der Waals surface area contributed by atoms with Crippen LogP contribution in [-0.2, 0) is 14.3 Å². The summed E-state index contributed by atoms with van der Waals surface area (Å²) in [6.45, 7) is 1.83. The topological polar surface area (TPSA) is 105 Å². The van der Waals surface area contributed by atoms with E-state index in [4.69, 9.17) is 9.84 Å². The highest BCUT2D eigenvalue weighted by Gasteiger charge is 2.37. The Labute approximate surface area is 199 Å². The number of benzene rings is 2. The Balaban J connectivity index is 1.39. The molecule has 0 aromatic heterocycles. The molecule has 0 spiro atoms. The van der Waals surface area contributed by atoms with Crippen molar-refractivity contribution < 1.29 is 24.2 Å². The van der Waals surface area contributed by atoms with Gasteiger partial charge < -0.3 is 20.5 Å². The molecule has 2 aliphatic rings. The highest BCUT2D eigenvalue weighted by molar-refractivity contribution is 5.80. The van der Waals surface area contributed by atoms with E-state index in [1.165, 1.54) is 11.1 Å². The molecule has 2 aromatic carbocycles. The fourth-order valence-corrected chi connectivity index (χ4v) is 5.15. The fraction of sp³-hybridized carbons (Fsp3) is 0.444. The van der Waals surface area contributed by atoms with Crippen molar-refractivity contribution in [3.63, 3.8) is 0 Å². The second-order valence-corrected chi connectivity index (χ2v) is 9.51. The van der Waals surface area contributed by atoms with Gasteiger partial charge in [-0.15, -0.1) is 0 Å². The molecule has 1 atom stereocenters. The molecule has 1 saturated carbocycles. The van der Waals surface area contributed by atoms with Crippen LogP contribution in [0.5, 0.6) is 0 Å². The van der Waals surface area contributed by atoms with Gasteiger partial charge in [0, 0.05) is 18.9 Å². The Bertz CT molecular complexity index is 1010. The Hall–Kier alpha value is -3.35. The number of carboxylic acids is 1. The minimum atomic E-state index is -0.954. The van der Waals surface area contributed by atoms with Crippen LogP contribution >= 0.6 is 0 Å². The zero-order valence-corrected chi connectivity index (χ0v) is 19.5. The number of alkyl carbamates (subject to hydrolysis) is 1. The first kappa shape index (κ1) is 23.8. The summed E-state index contributed by atoms with van der Waals surface area (Å²) in [6, 6.07) is 16.4. The monoisotopic (exact) mass is 464 g/mol. The summed E-state index contributed by atoms with van der Waals surface area (Å²) in [6.07, 6.45) is 3.88. The summed E-state index contributed by atoms with van der Waals surface area (Å²) >= 11 is 0. The summed E-state index contributed by atoms with van der Waals surface area (Å²) in [5, 5.41) is 14.7. The maximum Gasteiger partial charge on any atom is 0.407 e. The Kier molecular flexibility index (Phi) is 7.20. The quantitative estimate of drug-likeness (QED) is 0.535. The number of carboxylic acid groups (broad SMARTS) is 1. The molecule has 2 aliphatic carbocycles. The van der Waals surface area contributed by atoms with E-state index in [-0.39, 0.29) is 31.4 Å². The lowest BCUT2D eigenvalue weighted by atomic mass is 9.79. The molecular formula is C27H32N2O5. The summed E-state index contributed by atoms with van der Waals surface area (Å²) in [5.41, 5.74) is 3.97. The van der Waals surface area contributed by atoms with E-state index in [1.807, 2.05) is 24.3 Å². The van der Waals surface area contributed by atoms with Crippen molar-refractivity contribution >= 4 is 18.0 Å².